The van der Waals surface area contributed by atoms with Crippen molar-refractivity contribution in [3.63, 3.8) is 0 Å². The first-order valence-electron chi connectivity index (χ1n) is 8.65. The predicted octanol–water partition coefficient (Wildman–Crippen LogP) is 4.12. The molecule has 0 heterocycles. The van der Waals surface area contributed by atoms with Gasteiger partial charge < -0.3 is 14.8 Å². The molecule has 0 bridgehead atoms. The van der Waals surface area contributed by atoms with E-state index in [2.05, 4.69) is 5.32 Å². The van der Waals surface area contributed by atoms with E-state index in [-0.39, 0.29) is 5.92 Å². The van der Waals surface area contributed by atoms with Gasteiger partial charge in [-0.15, -0.1) is 0 Å². The zero-order chi connectivity index (χ0) is 18.4. The maximum absolute atomic E-state index is 12.4. The lowest BCUT2D eigenvalue weighted by Crippen LogP contribution is -2.50. The van der Waals surface area contributed by atoms with Crippen LogP contribution in [0.15, 0.2) is 24.3 Å². The lowest BCUT2D eigenvalue weighted by molar-refractivity contribution is -0.143. The Morgan fingerprint density at radius 1 is 1.32 bits per heavy atom. The average molecular weight is 368 g/mol. The summed E-state index contributed by atoms with van der Waals surface area (Å²) in [5, 5.41) is 3.32. The molecule has 25 heavy (non-hydrogen) atoms. The molecule has 1 aliphatic carbocycles. The van der Waals surface area contributed by atoms with Crippen molar-refractivity contribution in [3.05, 3.63) is 34.9 Å². The first kappa shape index (κ1) is 19.6. The van der Waals surface area contributed by atoms with Crippen LogP contribution in [0.3, 0.4) is 0 Å². The van der Waals surface area contributed by atoms with Crippen LogP contribution in [0.2, 0.25) is 5.02 Å². The Balaban J connectivity index is 1.99. The van der Waals surface area contributed by atoms with Gasteiger partial charge >= 0.3 is 12.1 Å². The lowest BCUT2D eigenvalue weighted by Gasteiger charge is -2.41. The molecule has 5 nitrogen and oxygen atoms in total. The van der Waals surface area contributed by atoms with Crippen molar-refractivity contribution in [3.8, 4) is 0 Å². The van der Waals surface area contributed by atoms with Crippen LogP contribution in [0, 0.1) is 5.92 Å². The van der Waals surface area contributed by atoms with Crippen LogP contribution in [0.25, 0.3) is 0 Å². The predicted molar refractivity (Wildman–Crippen MR) is 96.6 cm³/mol. The summed E-state index contributed by atoms with van der Waals surface area (Å²) in [6, 6.07) is 6.88. The third-order valence-corrected chi connectivity index (χ3v) is 4.71. The number of ether oxygens (including phenoxy) is 2. The summed E-state index contributed by atoms with van der Waals surface area (Å²) in [5.74, 6) is -0.211. The quantitative estimate of drug-likeness (QED) is 0.736. The summed E-state index contributed by atoms with van der Waals surface area (Å²) in [4.78, 5) is 24.2. The van der Waals surface area contributed by atoms with E-state index in [1.807, 2.05) is 38.1 Å². The lowest BCUT2D eigenvalue weighted by atomic mass is 9.76. The minimum atomic E-state index is -0.694. The number of rotatable bonds is 7. The maximum atomic E-state index is 12.4. The third kappa shape index (κ3) is 5.63. The van der Waals surface area contributed by atoms with Gasteiger partial charge in [-0.1, -0.05) is 37.6 Å². The Hall–Kier alpha value is -1.75. The van der Waals surface area contributed by atoms with Crippen LogP contribution in [-0.2, 0) is 20.7 Å². The first-order valence-corrected chi connectivity index (χ1v) is 9.03. The summed E-state index contributed by atoms with van der Waals surface area (Å²) >= 11 is 6.04. The number of halogens is 1. The molecule has 138 valence electrons. The first-order chi connectivity index (χ1) is 11.8. The van der Waals surface area contributed by atoms with E-state index in [1.54, 1.807) is 0 Å². The van der Waals surface area contributed by atoms with Gasteiger partial charge in [0, 0.05) is 11.4 Å². The van der Waals surface area contributed by atoms with Crippen molar-refractivity contribution in [2.24, 2.45) is 5.92 Å². The summed E-state index contributed by atoms with van der Waals surface area (Å²) in [6.45, 7) is 3.96. The topological polar surface area (TPSA) is 64.6 Å². The fourth-order valence-electron chi connectivity index (χ4n) is 3.10. The largest absolute Gasteiger partial charge is 0.467 e. The summed E-state index contributed by atoms with van der Waals surface area (Å²) in [5.41, 5.74) is 0.513. The van der Waals surface area contributed by atoms with E-state index in [1.165, 1.54) is 7.11 Å². The molecule has 1 unspecified atom stereocenters. The molecule has 0 aliphatic heterocycles. The molecule has 0 radical (unpaired) electrons. The number of benzene rings is 1. The zero-order valence-electron chi connectivity index (χ0n) is 15.0. The molecule has 1 N–H and O–H groups in total. The summed E-state index contributed by atoms with van der Waals surface area (Å²) < 4.78 is 10.5. The van der Waals surface area contributed by atoms with Crippen molar-refractivity contribution in [2.75, 3.05) is 7.11 Å². The van der Waals surface area contributed by atoms with Gasteiger partial charge in [-0.25, -0.2) is 9.59 Å². The second-order valence-corrected chi connectivity index (χ2v) is 7.52. The molecule has 1 atom stereocenters. The minimum absolute atomic E-state index is 0.244. The Morgan fingerprint density at radius 2 is 2.04 bits per heavy atom. The van der Waals surface area contributed by atoms with Gasteiger partial charge in [-0.2, -0.15) is 0 Å². The van der Waals surface area contributed by atoms with Gasteiger partial charge in [0.05, 0.1) is 7.11 Å². The van der Waals surface area contributed by atoms with E-state index < -0.39 is 23.7 Å². The fourth-order valence-corrected chi connectivity index (χ4v) is 3.31. The summed E-state index contributed by atoms with van der Waals surface area (Å²) in [7, 11) is 1.31. The number of hydrogen-bond donors (Lipinski definition) is 1. The molecule has 0 spiro atoms. The van der Waals surface area contributed by atoms with E-state index in [0.29, 0.717) is 17.9 Å². The Kier molecular flexibility index (Phi) is 6.71. The van der Waals surface area contributed by atoms with E-state index >= 15 is 0 Å². The average Bonchev–Trinajstić information content (AvgIpc) is 2.51. The Bertz CT molecular complexity index is 613. The molecule has 1 aromatic rings. The highest BCUT2D eigenvalue weighted by Gasteiger charge is 2.41. The monoisotopic (exact) mass is 367 g/mol. The highest BCUT2D eigenvalue weighted by atomic mass is 35.5. The third-order valence-electron chi connectivity index (χ3n) is 4.47. The van der Waals surface area contributed by atoms with Crippen molar-refractivity contribution in [1.29, 1.82) is 0 Å². The molecular weight excluding hydrogens is 342 g/mol. The number of nitrogens with one attached hydrogen (secondary N) is 1. The number of amides is 1. The van der Waals surface area contributed by atoms with Gasteiger partial charge in [0.25, 0.3) is 0 Å². The van der Waals surface area contributed by atoms with Crippen molar-refractivity contribution >= 4 is 23.7 Å². The Morgan fingerprint density at radius 3 is 2.56 bits per heavy atom. The van der Waals surface area contributed by atoms with Gasteiger partial charge in [-0.05, 0) is 49.3 Å². The van der Waals surface area contributed by atoms with Crippen LogP contribution < -0.4 is 5.32 Å². The highest BCUT2D eigenvalue weighted by Crippen LogP contribution is 2.39. The van der Waals surface area contributed by atoms with Gasteiger partial charge in [0.1, 0.15) is 11.6 Å². The van der Waals surface area contributed by atoms with E-state index in [9.17, 15) is 9.59 Å². The van der Waals surface area contributed by atoms with Gasteiger partial charge in [0.2, 0.25) is 0 Å². The standard InChI is InChI=1S/C19H26ClNO4/c1-13(2)10-16(17(22)24-3)21-18(23)25-19(8-5-9-19)12-14-6-4-7-15(20)11-14/h4,6-7,11,13,16H,5,8-10,12H2,1-3H3,(H,21,23). The minimum Gasteiger partial charge on any atom is -0.467 e. The molecular formula is C19H26ClNO4. The van der Waals surface area contributed by atoms with Crippen molar-refractivity contribution < 1.29 is 19.1 Å². The number of carbonyl (C=O) groups is 2. The molecule has 1 aliphatic rings. The van der Waals surface area contributed by atoms with Crippen LogP contribution in [0.4, 0.5) is 4.79 Å². The normalized spacial score (nSPS) is 16.7. The smallest absolute Gasteiger partial charge is 0.408 e. The molecule has 0 aromatic heterocycles. The van der Waals surface area contributed by atoms with Gasteiger partial charge in [-0.3, -0.25) is 0 Å². The molecule has 0 saturated heterocycles. The SMILES string of the molecule is COC(=O)C(CC(C)C)NC(=O)OC1(Cc2cccc(Cl)c2)CCC1. The van der Waals surface area contributed by atoms with E-state index in [0.717, 1.165) is 24.8 Å². The van der Waals surface area contributed by atoms with Crippen LogP contribution >= 0.6 is 11.6 Å². The van der Waals surface area contributed by atoms with Crippen molar-refractivity contribution in [2.45, 2.75) is 57.6 Å². The van der Waals surface area contributed by atoms with Crippen LogP contribution in [0.5, 0.6) is 0 Å². The number of hydrogen-bond acceptors (Lipinski definition) is 4. The molecule has 1 aromatic carbocycles. The number of methoxy groups -OCH3 is 1. The molecule has 1 saturated carbocycles. The molecule has 1 fully saturated rings. The number of alkyl carbamates (subject to hydrolysis) is 1. The second kappa shape index (κ2) is 8.56. The van der Waals surface area contributed by atoms with Gasteiger partial charge in [0.15, 0.2) is 0 Å². The van der Waals surface area contributed by atoms with Crippen LogP contribution in [0.1, 0.15) is 45.1 Å². The Labute approximate surface area is 154 Å². The molecule has 1 amide bonds. The maximum Gasteiger partial charge on any atom is 0.408 e. The highest BCUT2D eigenvalue weighted by molar-refractivity contribution is 6.30. The number of carbonyl (C=O) groups excluding carboxylic acids is 2. The zero-order valence-corrected chi connectivity index (χ0v) is 15.8. The van der Waals surface area contributed by atoms with E-state index in [4.69, 9.17) is 21.1 Å². The van der Waals surface area contributed by atoms with Crippen LogP contribution in [-0.4, -0.2) is 30.8 Å². The fraction of sp³-hybridized carbons (Fsp3) is 0.579. The second-order valence-electron chi connectivity index (χ2n) is 7.08. The summed E-state index contributed by atoms with van der Waals surface area (Å²) in [6.07, 6.45) is 3.18. The molecule has 6 heteroatoms. The van der Waals surface area contributed by atoms with Crippen molar-refractivity contribution in [1.82, 2.24) is 5.32 Å². The number of esters is 1. The molecule has 2 rings (SSSR count).